The summed E-state index contributed by atoms with van der Waals surface area (Å²) in [5.41, 5.74) is 3.16. The predicted octanol–water partition coefficient (Wildman–Crippen LogP) is 3.04. The summed E-state index contributed by atoms with van der Waals surface area (Å²) in [7, 11) is 1.80. The van der Waals surface area contributed by atoms with Crippen LogP contribution >= 0.6 is 0 Å². The van der Waals surface area contributed by atoms with E-state index in [1.807, 2.05) is 25.1 Å². The van der Waals surface area contributed by atoms with Crippen molar-refractivity contribution in [2.75, 3.05) is 7.05 Å². The van der Waals surface area contributed by atoms with E-state index in [2.05, 4.69) is 9.97 Å². The van der Waals surface area contributed by atoms with Crippen molar-refractivity contribution in [1.29, 1.82) is 0 Å². The van der Waals surface area contributed by atoms with Gasteiger partial charge in [-0.05, 0) is 49.2 Å². The van der Waals surface area contributed by atoms with E-state index in [9.17, 15) is 9.90 Å². The highest BCUT2D eigenvalue weighted by atomic mass is 16.3. The van der Waals surface area contributed by atoms with Gasteiger partial charge in [0.2, 0.25) is 0 Å². The summed E-state index contributed by atoms with van der Waals surface area (Å²) in [6.07, 6.45) is 3.97. The fourth-order valence-electron chi connectivity index (χ4n) is 2.61. The monoisotopic (exact) mass is 321 g/mol. The van der Waals surface area contributed by atoms with Crippen LogP contribution in [0.1, 0.15) is 22.8 Å². The molecule has 1 aromatic heterocycles. The number of carbonyl (C=O) groups excluding carboxylic acids is 1. The number of fused-ring (bicyclic) bond motifs is 1. The second-order valence-electron chi connectivity index (χ2n) is 5.90. The summed E-state index contributed by atoms with van der Waals surface area (Å²) in [6.45, 7) is 2.01. The maximum Gasteiger partial charge on any atom is 0.253 e. The van der Waals surface area contributed by atoms with Crippen LogP contribution < -0.4 is 0 Å². The minimum atomic E-state index is -0.0474. The van der Waals surface area contributed by atoms with Gasteiger partial charge in [-0.25, -0.2) is 0 Å². The molecular formula is C19H19N3O2. The zero-order valence-corrected chi connectivity index (χ0v) is 13.7. The van der Waals surface area contributed by atoms with Gasteiger partial charge in [0.25, 0.3) is 5.91 Å². The molecule has 0 saturated carbocycles. The number of phenols is 1. The Bertz CT molecular complexity index is 862. The first-order chi connectivity index (χ1) is 11.5. The molecule has 0 fully saturated rings. The molecule has 1 atom stereocenters. The fourth-order valence-corrected chi connectivity index (χ4v) is 2.61. The van der Waals surface area contributed by atoms with Crippen LogP contribution in [0, 0.1) is 0 Å². The number of aromatic hydroxyl groups is 1. The third kappa shape index (κ3) is 3.35. The van der Waals surface area contributed by atoms with Crippen LogP contribution in [0.4, 0.5) is 0 Å². The molecule has 0 aliphatic heterocycles. The Labute approximate surface area is 140 Å². The second-order valence-corrected chi connectivity index (χ2v) is 5.90. The first-order valence-corrected chi connectivity index (χ1v) is 7.80. The van der Waals surface area contributed by atoms with Crippen LogP contribution in [0.5, 0.6) is 5.75 Å². The molecule has 0 saturated heterocycles. The van der Waals surface area contributed by atoms with Gasteiger partial charge < -0.3 is 10.0 Å². The number of nitrogens with zero attached hydrogens (tertiary/aromatic N) is 3. The molecule has 0 bridgehead atoms. The van der Waals surface area contributed by atoms with Crippen molar-refractivity contribution in [1.82, 2.24) is 14.9 Å². The number of aromatic nitrogens is 2. The molecule has 24 heavy (non-hydrogen) atoms. The number of likely N-dealkylation sites (N-methyl/N-ethyl adjacent to an activating group) is 1. The summed E-state index contributed by atoms with van der Waals surface area (Å²) in [4.78, 5) is 22.9. The highest BCUT2D eigenvalue weighted by molar-refractivity contribution is 5.97. The van der Waals surface area contributed by atoms with Gasteiger partial charge in [0.15, 0.2) is 0 Å². The normalized spacial score (nSPS) is 12.1. The molecule has 3 aromatic rings. The molecular weight excluding hydrogens is 302 g/mol. The van der Waals surface area contributed by atoms with Gasteiger partial charge in [-0.1, -0.05) is 12.1 Å². The van der Waals surface area contributed by atoms with Crippen molar-refractivity contribution in [3.05, 3.63) is 66.0 Å². The van der Waals surface area contributed by atoms with Crippen molar-refractivity contribution in [3.8, 4) is 5.75 Å². The van der Waals surface area contributed by atoms with Crippen molar-refractivity contribution in [3.63, 3.8) is 0 Å². The lowest BCUT2D eigenvalue weighted by Crippen LogP contribution is -2.36. The van der Waals surface area contributed by atoms with Crippen LogP contribution in [0.25, 0.3) is 11.0 Å². The van der Waals surface area contributed by atoms with E-state index >= 15 is 0 Å². The highest BCUT2D eigenvalue weighted by Crippen LogP contribution is 2.16. The average molecular weight is 321 g/mol. The zero-order chi connectivity index (χ0) is 17.1. The van der Waals surface area contributed by atoms with E-state index < -0.39 is 0 Å². The third-order valence-corrected chi connectivity index (χ3v) is 4.17. The Hall–Kier alpha value is -2.95. The van der Waals surface area contributed by atoms with Gasteiger partial charge in [0.05, 0.1) is 11.0 Å². The van der Waals surface area contributed by atoms with E-state index in [0.29, 0.717) is 11.1 Å². The Balaban J connectivity index is 1.75. The lowest BCUT2D eigenvalue weighted by Gasteiger charge is -2.25. The van der Waals surface area contributed by atoms with Crippen molar-refractivity contribution >= 4 is 16.9 Å². The zero-order valence-electron chi connectivity index (χ0n) is 13.7. The van der Waals surface area contributed by atoms with E-state index in [1.54, 1.807) is 48.6 Å². The Kier molecular flexibility index (Phi) is 4.42. The van der Waals surface area contributed by atoms with Crippen LogP contribution in [-0.4, -0.2) is 39.0 Å². The number of phenolic OH excluding ortho intramolecular Hbond substituents is 1. The fraction of sp³-hybridized carbons (Fsp3) is 0.211. The number of hydrogen-bond donors (Lipinski definition) is 1. The topological polar surface area (TPSA) is 66.3 Å². The number of amides is 1. The Morgan fingerprint density at radius 3 is 2.46 bits per heavy atom. The molecule has 0 radical (unpaired) electrons. The number of rotatable bonds is 4. The van der Waals surface area contributed by atoms with Crippen LogP contribution in [0.2, 0.25) is 0 Å². The molecule has 1 amide bonds. The Morgan fingerprint density at radius 2 is 1.75 bits per heavy atom. The number of benzene rings is 2. The molecule has 0 unspecified atom stereocenters. The maximum atomic E-state index is 12.7. The maximum absolute atomic E-state index is 12.7. The van der Waals surface area contributed by atoms with Gasteiger partial charge >= 0.3 is 0 Å². The first kappa shape index (κ1) is 15.9. The summed E-state index contributed by atoms with van der Waals surface area (Å²) in [6, 6.07) is 12.5. The van der Waals surface area contributed by atoms with E-state index in [-0.39, 0.29) is 17.7 Å². The lowest BCUT2D eigenvalue weighted by molar-refractivity contribution is 0.0743. The van der Waals surface area contributed by atoms with Crippen LogP contribution in [-0.2, 0) is 6.42 Å². The van der Waals surface area contributed by atoms with Crippen molar-refractivity contribution in [2.45, 2.75) is 19.4 Å². The van der Waals surface area contributed by atoms with Gasteiger partial charge in [0, 0.05) is 31.0 Å². The molecule has 3 rings (SSSR count). The lowest BCUT2D eigenvalue weighted by atomic mass is 10.0. The van der Waals surface area contributed by atoms with Gasteiger partial charge in [-0.3, -0.25) is 14.8 Å². The third-order valence-electron chi connectivity index (χ3n) is 4.17. The van der Waals surface area contributed by atoms with E-state index in [1.165, 1.54) is 0 Å². The van der Waals surface area contributed by atoms with E-state index in [0.717, 1.165) is 17.5 Å². The Morgan fingerprint density at radius 1 is 1.08 bits per heavy atom. The smallest absolute Gasteiger partial charge is 0.253 e. The molecule has 1 heterocycles. The van der Waals surface area contributed by atoms with Gasteiger partial charge in [-0.2, -0.15) is 0 Å². The van der Waals surface area contributed by atoms with Crippen molar-refractivity contribution < 1.29 is 9.90 Å². The quantitative estimate of drug-likeness (QED) is 0.802. The van der Waals surface area contributed by atoms with Crippen LogP contribution in [0.15, 0.2) is 54.9 Å². The molecule has 122 valence electrons. The van der Waals surface area contributed by atoms with Crippen molar-refractivity contribution in [2.24, 2.45) is 0 Å². The van der Waals surface area contributed by atoms with Crippen LogP contribution in [0.3, 0.4) is 0 Å². The average Bonchev–Trinajstić information content (AvgIpc) is 2.62. The number of hydrogen-bond acceptors (Lipinski definition) is 4. The standard InChI is InChI=1S/C19H19N3O2/c1-13(11-14-3-6-16(23)7-4-14)22(2)19(24)15-5-8-17-18(12-15)21-10-9-20-17/h3-10,12-13,23H,11H2,1-2H3/t13-/m1/s1. The molecule has 0 aliphatic rings. The molecule has 1 N–H and O–H groups in total. The summed E-state index contributed by atoms with van der Waals surface area (Å²) in [5, 5.41) is 9.35. The minimum absolute atomic E-state index is 0.0274. The second kappa shape index (κ2) is 6.66. The highest BCUT2D eigenvalue weighted by Gasteiger charge is 2.18. The SMILES string of the molecule is C[C@H](Cc1ccc(O)cc1)N(C)C(=O)c1ccc2nccnc2c1. The summed E-state index contributed by atoms with van der Waals surface area (Å²) >= 11 is 0. The molecule has 2 aromatic carbocycles. The molecule has 5 heteroatoms. The van der Waals surface area contributed by atoms with Gasteiger partial charge in [0.1, 0.15) is 5.75 Å². The first-order valence-electron chi connectivity index (χ1n) is 7.80. The predicted molar refractivity (Wildman–Crippen MR) is 92.9 cm³/mol. The van der Waals surface area contributed by atoms with E-state index in [4.69, 9.17) is 0 Å². The molecule has 0 spiro atoms. The summed E-state index contributed by atoms with van der Waals surface area (Å²) < 4.78 is 0. The molecule has 5 nitrogen and oxygen atoms in total. The summed E-state index contributed by atoms with van der Waals surface area (Å²) in [5.74, 6) is 0.196. The number of carbonyl (C=O) groups is 1. The molecule has 0 aliphatic carbocycles. The largest absolute Gasteiger partial charge is 0.508 e. The van der Waals surface area contributed by atoms with Gasteiger partial charge in [-0.15, -0.1) is 0 Å². The minimum Gasteiger partial charge on any atom is -0.508 e.